The molecule has 0 saturated heterocycles. The molecule has 3 atom stereocenters. The molecule has 0 aliphatic heterocycles. The summed E-state index contributed by atoms with van der Waals surface area (Å²) in [4.78, 5) is 11.4. The van der Waals surface area contributed by atoms with Crippen LogP contribution in [0.25, 0.3) is 0 Å². The first kappa shape index (κ1) is 12.5. The molecule has 1 fully saturated rings. The number of aliphatic hydroxyl groups is 1. The van der Waals surface area contributed by atoms with E-state index in [2.05, 4.69) is 0 Å². The van der Waals surface area contributed by atoms with Crippen LogP contribution >= 0.6 is 0 Å². The standard InChI is InChI=1S/C11H20O4/c1-3-15-11(13)10(12)8-6-4-5-7-9(8)14-2/h8-10,12H,3-7H2,1-2H3. The number of esters is 1. The van der Waals surface area contributed by atoms with Crippen molar-refractivity contribution >= 4 is 5.97 Å². The first-order valence-corrected chi connectivity index (χ1v) is 5.58. The summed E-state index contributed by atoms with van der Waals surface area (Å²) in [6.07, 6.45) is 2.84. The third kappa shape index (κ3) is 3.18. The fourth-order valence-electron chi connectivity index (χ4n) is 2.18. The molecule has 0 amide bonds. The Kier molecular flexibility index (Phi) is 5.05. The van der Waals surface area contributed by atoms with E-state index in [1.807, 2.05) is 0 Å². The Morgan fingerprint density at radius 3 is 2.73 bits per heavy atom. The zero-order chi connectivity index (χ0) is 11.3. The maximum absolute atomic E-state index is 11.4. The van der Waals surface area contributed by atoms with Gasteiger partial charge in [-0.3, -0.25) is 0 Å². The fourth-order valence-corrected chi connectivity index (χ4v) is 2.18. The average Bonchev–Trinajstić information content (AvgIpc) is 2.28. The Hall–Kier alpha value is -0.610. The number of ether oxygens (including phenoxy) is 2. The van der Waals surface area contributed by atoms with Crippen LogP contribution < -0.4 is 0 Å². The highest BCUT2D eigenvalue weighted by Crippen LogP contribution is 2.29. The Bertz CT molecular complexity index is 205. The molecule has 0 aromatic rings. The van der Waals surface area contributed by atoms with Crippen molar-refractivity contribution in [2.75, 3.05) is 13.7 Å². The second-order valence-corrected chi connectivity index (χ2v) is 3.92. The monoisotopic (exact) mass is 216 g/mol. The van der Waals surface area contributed by atoms with Gasteiger partial charge in [0.1, 0.15) is 0 Å². The van der Waals surface area contributed by atoms with Crippen molar-refractivity contribution in [2.45, 2.75) is 44.8 Å². The molecule has 1 aliphatic rings. The van der Waals surface area contributed by atoms with Crippen molar-refractivity contribution in [1.82, 2.24) is 0 Å². The molecule has 4 heteroatoms. The number of methoxy groups -OCH3 is 1. The summed E-state index contributed by atoms with van der Waals surface area (Å²) in [6, 6.07) is 0. The van der Waals surface area contributed by atoms with Gasteiger partial charge in [-0.2, -0.15) is 0 Å². The molecular weight excluding hydrogens is 196 g/mol. The molecule has 0 heterocycles. The molecular formula is C11H20O4. The van der Waals surface area contributed by atoms with Gasteiger partial charge in [-0.15, -0.1) is 0 Å². The smallest absolute Gasteiger partial charge is 0.335 e. The normalized spacial score (nSPS) is 28.5. The van der Waals surface area contributed by atoms with E-state index in [-0.39, 0.29) is 12.0 Å². The van der Waals surface area contributed by atoms with Gasteiger partial charge in [0.05, 0.1) is 12.7 Å². The first-order chi connectivity index (χ1) is 7.20. The van der Waals surface area contributed by atoms with Crippen molar-refractivity contribution in [3.8, 4) is 0 Å². The number of rotatable bonds is 4. The molecule has 1 saturated carbocycles. The number of hydrogen-bond acceptors (Lipinski definition) is 4. The highest BCUT2D eigenvalue weighted by molar-refractivity contribution is 5.74. The third-order valence-electron chi connectivity index (χ3n) is 2.99. The van der Waals surface area contributed by atoms with Crippen molar-refractivity contribution in [3.05, 3.63) is 0 Å². The van der Waals surface area contributed by atoms with Gasteiger partial charge in [-0.05, 0) is 19.8 Å². The molecule has 0 radical (unpaired) electrons. The van der Waals surface area contributed by atoms with E-state index in [9.17, 15) is 9.90 Å². The fraction of sp³-hybridized carbons (Fsp3) is 0.909. The predicted octanol–water partition coefficient (Wildman–Crippen LogP) is 1.12. The molecule has 88 valence electrons. The number of hydrogen-bond donors (Lipinski definition) is 1. The van der Waals surface area contributed by atoms with Crippen molar-refractivity contribution in [1.29, 1.82) is 0 Å². The number of carbonyl (C=O) groups excluding carboxylic acids is 1. The van der Waals surface area contributed by atoms with E-state index in [1.54, 1.807) is 14.0 Å². The Morgan fingerprint density at radius 1 is 1.47 bits per heavy atom. The van der Waals surface area contributed by atoms with Crippen LogP contribution in [0.4, 0.5) is 0 Å². The summed E-state index contributed by atoms with van der Waals surface area (Å²) in [6.45, 7) is 2.04. The summed E-state index contributed by atoms with van der Waals surface area (Å²) in [7, 11) is 1.63. The molecule has 1 rings (SSSR count). The zero-order valence-corrected chi connectivity index (χ0v) is 9.44. The van der Waals surface area contributed by atoms with Gasteiger partial charge in [0.15, 0.2) is 6.10 Å². The van der Waals surface area contributed by atoms with Gasteiger partial charge in [-0.1, -0.05) is 12.8 Å². The lowest BCUT2D eigenvalue weighted by molar-refractivity contribution is -0.160. The Labute approximate surface area is 90.6 Å². The largest absolute Gasteiger partial charge is 0.464 e. The van der Waals surface area contributed by atoms with E-state index in [0.717, 1.165) is 25.7 Å². The second-order valence-electron chi connectivity index (χ2n) is 3.92. The minimum Gasteiger partial charge on any atom is -0.464 e. The molecule has 1 N–H and O–H groups in total. The SMILES string of the molecule is CCOC(=O)C(O)C1CCCCC1OC. The van der Waals surface area contributed by atoms with Gasteiger partial charge < -0.3 is 14.6 Å². The minimum atomic E-state index is -1.03. The topological polar surface area (TPSA) is 55.8 Å². The molecule has 0 bridgehead atoms. The van der Waals surface area contributed by atoms with E-state index in [0.29, 0.717) is 6.61 Å². The maximum atomic E-state index is 11.4. The maximum Gasteiger partial charge on any atom is 0.335 e. The second kappa shape index (κ2) is 6.08. The lowest BCUT2D eigenvalue weighted by Gasteiger charge is -2.32. The van der Waals surface area contributed by atoms with E-state index in [1.165, 1.54) is 0 Å². The molecule has 0 aromatic carbocycles. The van der Waals surface area contributed by atoms with Crippen LogP contribution in [0.15, 0.2) is 0 Å². The lowest BCUT2D eigenvalue weighted by atomic mass is 9.82. The van der Waals surface area contributed by atoms with Crippen molar-refractivity contribution < 1.29 is 19.4 Å². The molecule has 4 nitrogen and oxygen atoms in total. The van der Waals surface area contributed by atoms with E-state index < -0.39 is 12.1 Å². The lowest BCUT2D eigenvalue weighted by Crippen LogP contribution is -2.41. The summed E-state index contributed by atoms with van der Waals surface area (Å²) < 4.78 is 10.1. The molecule has 1 aliphatic carbocycles. The molecule has 15 heavy (non-hydrogen) atoms. The Morgan fingerprint density at radius 2 is 2.13 bits per heavy atom. The van der Waals surface area contributed by atoms with Crippen LogP contribution in [-0.4, -0.2) is 37.0 Å². The summed E-state index contributed by atoms with van der Waals surface area (Å²) in [5.41, 5.74) is 0. The summed E-state index contributed by atoms with van der Waals surface area (Å²) in [5, 5.41) is 9.82. The van der Waals surface area contributed by atoms with E-state index in [4.69, 9.17) is 9.47 Å². The quantitative estimate of drug-likeness (QED) is 0.715. The highest BCUT2D eigenvalue weighted by Gasteiger charge is 2.35. The summed E-state index contributed by atoms with van der Waals surface area (Å²) in [5.74, 6) is -0.630. The molecule has 0 spiro atoms. The van der Waals surface area contributed by atoms with Crippen LogP contribution in [0.2, 0.25) is 0 Å². The predicted molar refractivity (Wildman–Crippen MR) is 55.4 cm³/mol. The molecule has 0 aromatic heterocycles. The average molecular weight is 216 g/mol. The van der Waals surface area contributed by atoms with Crippen LogP contribution in [0.1, 0.15) is 32.6 Å². The third-order valence-corrected chi connectivity index (χ3v) is 2.99. The van der Waals surface area contributed by atoms with Gasteiger partial charge in [0.25, 0.3) is 0 Å². The number of carbonyl (C=O) groups is 1. The zero-order valence-electron chi connectivity index (χ0n) is 9.44. The van der Waals surface area contributed by atoms with Gasteiger partial charge >= 0.3 is 5.97 Å². The van der Waals surface area contributed by atoms with Crippen molar-refractivity contribution in [2.24, 2.45) is 5.92 Å². The molecule has 3 unspecified atom stereocenters. The van der Waals surface area contributed by atoms with Crippen LogP contribution in [0.3, 0.4) is 0 Å². The van der Waals surface area contributed by atoms with Crippen molar-refractivity contribution in [3.63, 3.8) is 0 Å². The minimum absolute atomic E-state index is 0.0156. The summed E-state index contributed by atoms with van der Waals surface area (Å²) >= 11 is 0. The van der Waals surface area contributed by atoms with Crippen LogP contribution in [0.5, 0.6) is 0 Å². The first-order valence-electron chi connectivity index (χ1n) is 5.58. The number of aliphatic hydroxyl groups excluding tert-OH is 1. The van der Waals surface area contributed by atoms with E-state index >= 15 is 0 Å². The Balaban J connectivity index is 2.54. The van der Waals surface area contributed by atoms with Crippen LogP contribution in [-0.2, 0) is 14.3 Å². The van der Waals surface area contributed by atoms with Gasteiger partial charge in [0.2, 0.25) is 0 Å². The van der Waals surface area contributed by atoms with Crippen LogP contribution in [0, 0.1) is 5.92 Å². The van der Waals surface area contributed by atoms with Gasteiger partial charge in [0, 0.05) is 13.0 Å². The van der Waals surface area contributed by atoms with Gasteiger partial charge in [-0.25, -0.2) is 4.79 Å². The highest BCUT2D eigenvalue weighted by atomic mass is 16.5.